The molecule has 14 heavy (non-hydrogen) atoms. The van der Waals surface area contributed by atoms with Gasteiger partial charge in [0.15, 0.2) is 0 Å². The number of rotatable bonds is 4. The normalized spacial score (nSPS) is 12.6. The van der Waals surface area contributed by atoms with Gasteiger partial charge in [-0.05, 0) is 32.4 Å². The Kier molecular flexibility index (Phi) is 4.21. The van der Waals surface area contributed by atoms with E-state index in [1.807, 2.05) is 19.1 Å². The van der Waals surface area contributed by atoms with Crippen LogP contribution >= 0.6 is 11.6 Å². The Hall–Kier alpha value is -0.760. The third kappa shape index (κ3) is 3.18. The topological polar surface area (TPSA) is 24.9 Å². The minimum atomic E-state index is 0.488. The average molecular weight is 213 g/mol. The summed E-state index contributed by atoms with van der Waals surface area (Å²) in [6.45, 7) is 6.33. The number of halogens is 1. The predicted molar refractivity (Wildman–Crippen MR) is 62.0 cm³/mol. The van der Waals surface area contributed by atoms with E-state index < -0.39 is 0 Å². The Morgan fingerprint density at radius 2 is 2.21 bits per heavy atom. The number of anilines is 1. The van der Waals surface area contributed by atoms with Crippen LogP contribution in [0, 0.1) is 6.92 Å². The third-order valence-corrected chi connectivity index (χ3v) is 2.39. The van der Waals surface area contributed by atoms with Gasteiger partial charge in [-0.3, -0.25) is 0 Å². The molecule has 0 aliphatic rings. The van der Waals surface area contributed by atoms with Crippen molar-refractivity contribution in [3.05, 3.63) is 23.0 Å². The van der Waals surface area contributed by atoms with Crippen LogP contribution in [0.25, 0.3) is 0 Å². The zero-order chi connectivity index (χ0) is 10.6. The highest BCUT2D eigenvalue weighted by molar-refractivity contribution is 6.29. The van der Waals surface area contributed by atoms with E-state index in [0.29, 0.717) is 11.2 Å². The molecule has 1 N–H and O–H groups in total. The SMILES string of the molecule is CCCC(C)Nc1ccc(Cl)nc1C. The Bertz CT molecular complexity index is 299. The second-order valence-electron chi connectivity index (χ2n) is 3.60. The predicted octanol–water partition coefficient (Wildman–Crippen LogP) is 3.64. The van der Waals surface area contributed by atoms with Gasteiger partial charge in [0.25, 0.3) is 0 Å². The van der Waals surface area contributed by atoms with Crippen LogP contribution in [0.4, 0.5) is 5.69 Å². The van der Waals surface area contributed by atoms with E-state index >= 15 is 0 Å². The third-order valence-electron chi connectivity index (χ3n) is 2.18. The lowest BCUT2D eigenvalue weighted by atomic mass is 10.2. The fourth-order valence-corrected chi connectivity index (χ4v) is 1.64. The summed E-state index contributed by atoms with van der Waals surface area (Å²) in [6, 6.07) is 4.29. The Morgan fingerprint density at radius 3 is 2.79 bits per heavy atom. The van der Waals surface area contributed by atoms with Gasteiger partial charge >= 0.3 is 0 Å². The lowest BCUT2D eigenvalue weighted by molar-refractivity contribution is 0.689. The van der Waals surface area contributed by atoms with Crippen LogP contribution in [-0.4, -0.2) is 11.0 Å². The number of pyridine rings is 1. The first kappa shape index (κ1) is 11.3. The molecule has 0 radical (unpaired) electrons. The molecule has 0 amide bonds. The molecule has 1 atom stereocenters. The lowest BCUT2D eigenvalue weighted by Gasteiger charge is -2.15. The molecule has 1 heterocycles. The molecule has 1 unspecified atom stereocenters. The highest BCUT2D eigenvalue weighted by atomic mass is 35.5. The van der Waals surface area contributed by atoms with Gasteiger partial charge in [0.1, 0.15) is 5.15 Å². The summed E-state index contributed by atoms with van der Waals surface area (Å²) >= 11 is 5.78. The van der Waals surface area contributed by atoms with Crippen molar-refractivity contribution in [1.82, 2.24) is 4.98 Å². The lowest BCUT2D eigenvalue weighted by Crippen LogP contribution is -2.15. The highest BCUT2D eigenvalue weighted by Crippen LogP contribution is 2.17. The summed E-state index contributed by atoms with van der Waals surface area (Å²) in [7, 11) is 0. The van der Waals surface area contributed by atoms with E-state index in [1.165, 1.54) is 12.8 Å². The van der Waals surface area contributed by atoms with E-state index in [1.54, 1.807) is 0 Å². The van der Waals surface area contributed by atoms with Crippen LogP contribution < -0.4 is 5.32 Å². The van der Waals surface area contributed by atoms with Crippen molar-refractivity contribution in [2.75, 3.05) is 5.32 Å². The fourth-order valence-electron chi connectivity index (χ4n) is 1.45. The standard InChI is InChI=1S/C11H17ClN2/c1-4-5-8(2)13-10-6-7-11(12)14-9(10)3/h6-8,13H,4-5H2,1-3H3. The maximum absolute atomic E-state index is 5.78. The maximum atomic E-state index is 5.78. The molecule has 0 saturated carbocycles. The van der Waals surface area contributed by atoms with Crippen LogP contribution in [0.2, 0.25) is 5.15 Å². The van der Waals surface area contributed by atoms with Gasteiger partial charge in [-0.1, -0.05) is 24.9 Å². The first-order chi connectivity index (χ1) is 6.63. The zero-order valence-corrected chi connectivity index (χ0v) is 9.73. The quantitative estimate of drug-likeness (QED) is 0.771. The molecule has 1 aromatic rings. The van der Waals surface area contributed by atoms with Gasteiger partial charge in [-0.15, -0.1) is 0 Å². The van der Waals surface area contributed by atoms with Crippen LogP contribution in [0.15, 0.2) is 12.1 Å². The van der Waals surface area contributed by atoms with Crippen molar-refractivity contribution in [3.63, 3.8) is 0 Å². The van der Waals surface area contributed by atoms with Gasteiger partial charge < -0.3 is 5.32 Å². The van der Waals surface area contributed by atoms with Crippen molar-refractivity contribution in [2.45, 2.75) is 39.7 Å². The number of nitrogens with one attached hydrogen (secondary N) is 1. The fraction of sp³-hybridized carbons (Fsp3) is 0.545. The first-order valence-electron chi connectivity index (χ1n) is 5.03. The minimum absolute atomic E-state index is 0.488. The molecule has 0 aromatic carbocycles. The molecule has 0 aliphatic carbocycles. The van der Waals surface area contributed by atoms with Crippen molar-refractivity contribution in [3.8, 4) is 0 Å². The van der Waals surface area contributed by atoms with Gasteiger partial charge in [0.2, 0.25) is 0 Å². The zero-order valence-electron chi connectivity index (χ0n) is 8.97. The van der Waals surface area contributed by atoms with E-state index in [4.69, 9.17) is 11.6 Å². The first-order valence-corrected chi connectivity index (χ1v) is 5.41. The summed E-state index contributed by atoms with van der Waals surface area (Å²) in [5, 5.41) is 3.97. The van der Waals surface area contributed by atoms with Crippen molar-refractivity contribution < 1.29 is 0 Å². The Balaban J connectivity index is 2.67. The van der Waals surface area contributed by atoms with E-state index in [9.17, 15) is 0 Å². The second-order valence-corrected chi connectivity index (χ2v) is 3.99. The second kappa shape index (κ2) is 5.20. The smallest absolute Gasteiger partial charge is 0.129 e. The summed E-state index contributed by atoms with van der Waals surface area (Å²) in [6.07, 6.45) is 2.36. The largest absolute Gasteiger partial charge is 0.381 e. The molecule has 2 nitrogen and oxygen atoms in total. The molecule has 0 aliphatic heterocycles. The van der Waals surface area contributed by atoms with E-state index in [-0.39, 0.29) is 0 Å². The van der Waals surface area contributed by atoms with Crippen molar-refractivity contribution in [2.24, 2.45) is 0 Å². The molecule has 0 fully saturated rings. The molecule has 0 saturated heterocycles. The molecule has 3 heteroatoms. The Morgan fingerprint density at radius 1 is 1.50 bits per heavy atom. The number of nitrogens with zero attached hydrogens (tertiary/aromatic N) is 1. The van der Waals surface area contributed by atoms with Crippen molar-refractivity contribution >= 4 is 17.3 Å². The molecule has 0 bridgehead atoms. The summed E-state index contributed by atoms with van der Waals surface area (Å²) in [5.41, 5.74) is 2.04. The summed E-state index contributed by atoms with van der Waals surface area (Å²) < 4.78 is 0. The van der Waals surface area contributed by atoms with Crippen LogP contribution in [-0.2, 0) is 0 Å². The monoisotopic (exact) mass is 212 g/mol. The number of hydrogen-bond acceptors (Lipinski definition) is 2. The Labute approximate surface area is 90.7 Å². The molecular weight excluding hydrogens is 196 g/mol. The molecule has 0 spiro atoms. The summed E-state index contributed by atoms with van der Waals surface area (Å²) in [5.74, 6) is 0. The van der Waals surface area contributed by atoms with Crippen LogP contribution in [0.5, 0.6) is 0 Å². The minimum Gasteiger partial charge on any atom is -0.381 e. The number of aryl methyl sites for hydroxylation is 1. The van der Waals surface area contributed by atoms with Gasteiger partial charge in [-0.2, -0.15) is 0 Å². The highest BCUT2D eigenvalue weighted by Gasteiger charge is 2.04. The van der Waals surface area contributed by atoms with Gasteiger partial charge in [-0.25, -0.2) is 4.98 Å². The summed E-state index contributed by atoms with van der Waals surface area (Å²) in [4.78, 5) is 4.19. The molecule has 78 valence electrons. The van der Waals surface area contributed by atoms with Gasteiger partial charge in [0.05, 0.1) is 11.4 Å². The van der Waals surface area contributed by atoms with Gasteiger partial charge in [0, 0.05) is 6.04 Å². The molecular formula is C11H17ClN2. The van der Waals surface area contributed by atoms with Crippen molar-refractivity contribution in [1.29, 1.82) is 0 Å². The van der Waals surface area contributed by atoms with E-state index in [0.717, 1.165) is 11.4 Å². The maximum Gasteiger partial charge on any atom is 0.129 e. The number of hydrogen-bond donors (Lipinski definition) is 1. The molecule has 1 aromatic heterocycles. The number of aromatic nitrogens is 1. The van der Waals surface area contributed by atoms with Crippen LogP contribution in [0.3, 0.4) is 0 Å². The van der Waals surface area contributed by atoms with E-state index in [2.05, 4.69) is 24.1 Å². The van der Waals surface area contributed by atoms with Crippen LogP contribution in [0.1, 0.15) is 32.4 Å². The molecule has 1 rings (SSSR count). The average Bonchev–Trinajstić information content (AvgIpc) is 2.10.